The molecule has 90 valence electrons. The molecule has 5 heteroatoms. The first-order valence-electron chi connectivity index (χ1n) is 6.05. The van der Waals surface area contributed by atoms with E-state index in [1.54, 1.807) is 0 Å². The van der Waals surface area contributed by atoms with E-state index in [0.29, 0.717) is 17.2 Å². The van der Waals surface area contributed by atoms with Crippen LogP contribution < -0.4 is 5.73 Å². The molecule has 1 aromatic heterocycles. The normalized spacial score (nSPS) is 18.2. The number of hydrogen-bond acceptors (Lipinski definition) is 4. The molecular weight excluding hydrogens is 220 g/mol. The maximum absolute atomic E-state index is 5.82. The van der Waals surface area contributed by atoms with Crippen molar-refractivity contribution in [2.24, 2.45) is 0 Å². The van der Waals surface area contributed by atoms with Crippen LogP contribution in [0.5, 0.6) is 0 Å². The molecule has 0 aliphatic heterocycles. The smallest absolute Gasteiger partial charge is 0.222 e. The molecule has 2 N–H and O–H groups in total. The summed E-state index contributed by atoms with van der Waals surface area (Å²) < 4.78 is 2.03. The van der Waals surface area contributed by atoms with Gasteiger partial charge in [-0.3, -0.25) is 4.57 Å². The SMILES string of the molecule is CC(C)n1c(N)nnc1SC1CCCCC1. The molecule has 0 spiro atoms. The van der Waals surface area contributed by atoms with E-state index < -0.39 is 0 Å². The highest BCUT2D eigenvalue weighted by Crippen LogP contribution is 2.34. The van der Waals surface area contributed by atoms with Crippen molar-refractivity contribution in [3.8, 4) is 0 Å². The number of thioether (sulfide) groups is 1. The zero-order valence-corrected chi connectivity index (χ0v) is 10.8. The lowest BCUT2D eigenvalue weighted by molar-refractivity contribution is 0.510. The van der Waals surface area contributed by atoms with Gasteiger partial charge in [0, 0.05) is 11.3 Å². The van der Waals surface area contributed by atoms with Crippen molar-refractivity contribution in [3.05, 3.63) is 0 Å². The number of aromatic nitrogens is 3. The first-order chi connectivity index (χ1) is 7.68. The Hall–Kier alpha value is -0.710. The van der Waals surface area contributed by atoms with Gasteiger partial charge in [-0.1, -0.05) is 31.0 Å². The number of hydrogen-bond donors (Lipinski definition) is 1. The van der Waals surface area contributed by atoms with Crippen molar-refractivity contribution in [1.82, 2.24) is 14.8 Å². The monoisotopic (exact) mass is 240 g/mol. The van der Waals surface area contributed by atoms with Gasteiger partial charge in [0.2, 0.25) is 5.95 Å². The summed E-state index contributed by atoms with van der Waals surface area (Å²) in [7, 11) is 0. The maximum Gasteiger partial charge on any atom is 0.222 e. The molecule has 0 radical (unpaired) electrons. The van der Waals surface area contributed by atoms with E-state index in [-0.39, 0.29) is 0 Å². The number of nitrogen functional groups attached to an aromatic ring is 1. The van der Waals surface area contributed by atoms with Gasteiger partial charge < -0.3 is 5.73 Å². The van der Waals surface area contributed by atoms with E-state index >= 15 is 0 Å². The van der Waals surface area contributed by atoms with Crippen LogP contribution >= 0.6 is 11.8 Å². The third-order valence-electron chi connectivity index (χ3n) is 3.03. The molecule has 1 aliphatic carbocycles. The summed E-state index contributed by atoms with van der Waals surface area (Å²) in [6.07, 6.45) is 6.69. The second-order valence-electron chi connectivity index (χ2n) is 4.68. The van der Waals surface area contributed by atoms with Crippen LogP contribution in [0, 0.1) is 0 Å². The van der Waals surface area contributed by atoms with E-state index in [2.05, 4.69) is 24.0 Å². The van der Waals surface area contributed by atoms with Crippen LogP contribution in [0.2, 0.25) is 0 Å². The van der Waals surface area contributed by atoms with E-state index in [1.807, 2.05) is 16.3 Å². The highest BCUT2D eigenvalue weighted by atomic mass is 32.2. The Morgan fingerprint density at radius 3 is 2.56 bits per heavy atom. The van der Waals surface area contributed by atoms with Gasteiger partial charge in [0.15, 0.2) is 5.16 Å². The van der Waals surface area contributed by atoms with Crippen molar-refractivity contribution in [1.29, 1.82) is 0 Å². The zero-order valence-electron chi connectivity index (χ0n) is 10.0. The molecule has 0 saturated heterocycles. The Labute approximate surface area is 101 Å². The molecule has 0 unspecified atom stereocenters. The number of rotatable bonds is 3. The lowest BCUT2D eigenvalue weighted by Crippen LogP contribution is -2.12. The van der Waals surface area contributed by atoms with E-state index in [4.69, 9.17) is 5.73 Å². The largest absolute Gasteiger partial charge is 0.368 e. The third-order valence-corrected chi connectivity index (χ3v) is 4.33. The summed E-state index contributed by atoms with van der Waals surface area (Å²) in [6.45, 7) is 4.23. The summed E-state index contributed by atoms with van der Waals surface area (Å²) >= 11 is 1.85. The predicted octanol–water partition coefficient (Wildman–Crippen LogP) is 2.87. The van der Waals surface area contributed by atoms with Crippen LogP contribution in [-0.4, -0.2) is 20.0 Å². The standard InChI is InChI=1S/C11H20N4S/c1-8(2)15-10(12)13-14-11(15)16-9-6-4-3-5-7-9/h8-9H,3-7H2,1-2H3,(H2,12,13). The fourth-order valence-corrected chi connectivity index (χ4v) is 3.56. The van der Waals surface area contributed by atoms with E-state index in [9.17, 15) is 0 Å². The molecule has 4 nitrogen and oxygen atoms in total. The number of anilines is 1. The fourth-order valence-electron chi connectivity index (χ4n) is 2.19. The molecule has 16 heavy (non-hydrogen) atoms. The first kappa shape index (κ1) is 11.8. The van der Waals surface area contributed by atoms with Gasteiger partial charge in [-0.05, 0) is 26.7 Å². The Balaban J connectivity index is 2.08. The van der Waals surface area contributed by atoms with Crippen LogP contribution in [0.4, 0.5) is 5.95 Å². The zero-order chi connectivity index (χ0) is 11.5. The van der Waals surface area contributed by atoms with E-state index in [1.165, 1.54) is 32.1 Å². The van der Waals surface area contributed by atoms with Crippen molar-refractivity contribution in [2.75, 3.05) is 5.73 Å². The van der Waals surface area contributed by atoms with Crippen molar-refractivity contribution < 1.29 is 0 Å². The molecule has 2 rings (SSSR count). The lowest BCUT2D eigenvalue weighted by atomic mass is 10.0. The van der Waals surface area contributed by atoms with Crippen LogP contribution in [0.3, 0.4) is 0 Å². The van der Waals surface area contributed by atoms with Gasteiger partial charge in [-0.2, -0.15) is 0 Å². The van der Waals surface area contributed by atoms with Crippen molar-refractivity contribution >= 4 is 17.7 Å². The topological polar surface area (TPSA) is 56.7 Å². The molecule has 0 amide bonds. The Kier molecular flexibility index (Phi) is 3.74. The van der Waals surface area contributed by atoms with Crippen LogP contribution in [0.1, 0.15) is 52.0 Å². The van der Waals surface area contributed by atoms with Crippen molar-refractivity contribution in [2.45, 2.75) is 62.4 Å². The van der Waals surface area contributed by atoms with Gasteiger partial charge in [-0.25, -0.2) is 0 Å². The minimum Gasteiger partial charge on any atom is -0.368 e. The van der Waals surface area contributed by atoms with Gasteiger partial charge in [-0.15, -0.1) is 10.2 Å². The second-order valence-corrected chi connectivity index (χ2v) is 5.95. The average molecular weight is 240 g/mol. The number of nitrogens with two attached hydrogens (primary N) is 1. The Morgan fingerprint density at radius 1 is 1.25 bits per heavy atom. The van der Waals surface area contributed by atoms with Gasteiger partial charge >= 0.3 is 0 Å². The van der Waals surface area contributed by atoms with Gasteiger partial charge in [0.1, 0.15) is 0 Å². The van der Waals surface area contributed by atoms with Gasteiger partial charge in [0.25, 0.3) is 0 Å². The molecular formula is C11H20N4S. The fraction of sp³-hybridized carbons (Fsp3) is 0.818. The number of nitrogens with zero attached hydrogens (tertiary/aromatic N) is 3. The summed E-state index contributed by atoms with van der Waals surface area (Å²) in [5.74, 6) is 0.535. The molecule has 1 fully saturated rings. The second kappa shape index (κ2) is 5.08. The summed E-state index contributed by atoms with van der Waals surface area (Å²) in [6, 6.07) is 0.334. The Bertz CT molecular complexity index is 342. The van der Waals surface area contributed by atoms with Crippen LogP contribution in [-0.2, 0) is 0 Å². The highest BCUT2D eigenvalue weighted by molar-refractivity contribution is 7.99. The maximum atomic E-state index is 5.82. The molecule has 0 atom stereocenters. The summed E-state index contributed by atoms with van der Waals surface area (Å²) in [4.78, 5) is 0. The van der Waals surface area contributed by atoms with E-state index in [0.717, 1.165) is 5.16 Å². The molecule has 1 saturated carbocycles. The van der Waals surface area contributed by atoms with Crippen LogP contribution in [0.25, 0.3) is 0 Å². The van der Waals surface area contributed by atoms with Crippen molar-refractivity contribution in [3.63, 3.8) is 0 Å². The Morgan fingerprint density at radius 2 is 1.94 bits per heavy atom. The molecule has 1 aliphatic rings. The third kappa shape index (κ3) is 2.51. The highest BCUT2D eigenvalue weighted by Gasteiger charge is 2.20. The lowest BCUT2D eigenvalue weighted by Gasteiger charge is -2.21. The van der Waals surface area contributed by atoms with Crippen LogP contribution in [0.15, 0.2) is 5.16 Å². The summed E-state index contributed by atoms with van der Waals surface area (Å²) in [5, 5.41) is 9.84. The molecule has 1 heterocycles. The first-order valence-corrected chi connectivity index (χ1v) is 6.93. The average Bonchev–Trinajstić information content (AvgIpc) is 2.61. The minimum atomic E-state index is 0.334. The molecule has 1 aromatic rings. The molecule has 0 aromatic carbocycles. The minimum absolute atomic E-state index is 0.334. The van der Waals surface area contributed by atoms with Gasteiger partial charge in [0.05, 0.1) is 0 Å². The predicted molar refractivity (Wildman–Crippen MR) is 67.5 cm³/mol. The summed E-state index contributed by atoms with van der Waals surface area (Å²) in [5.41, 5.74) is 5.82. The quantitative estimate of drug-likeness (QED) is 0.882. The molecule has 0 bridgehead atoms.